The van der Waals surface area contributed by atoms with E-state index in [1.165, 1.54) is 30.3 Å². The summed E-state index contributed by atoms with van der Waals surface area (Å²) < 4.78 is 90.4. The molecule has 0 fully saturated rings. The smallest absolute Gasteiger partial charge is 0.196 e. The molecule has 1 atom stereocenters. The third kappa shape index (κ3) is 3.03. The van der Waals surface area contributed by atoms with Gasteiger partial charge in [-0.25, -0.2) is 0 Å². The van der Waals surface area contributed by atoms with E-state index in [1.807, 2.05) is 0 Å². The van der Waals surface area contributed by atoms with E-state index in [2.05, 4.69) is 0 Å². The van der Waals surface area contributed by atoms with Crippen LogP contribution in [0.25, 0.3) is 0 Å². The normalized spacial score (nSPS) is 20.7. The summed E-state index contributed by atoms with van der Waals surface area (Å²) in [4.78, 5) is 0. The molecule has 0 aliphatic carbocycles. The first-order valence-electron chi connectivity index (χ1n) is 9.04. The fourth-order valence-electron chi connectivity index (χ4n) is 3.90. The Kier molecular flexibility index (Phi) is 4.94. The number of rotatable bonds is 3. The molecule has 8 heteroatoms. The molecule has 30 heavy (non-hydrogen) atoms. The van der Waals surface area contributed by atoms with Crippen LogP contribution in [0.4, 0.5) is 26.3 Å². The van der Waals surface area contributed by atoms with E-state index in [1.54, 1.807) is 48.5 Å². The van der Waals surface area contributed by atoms with Crippen LogP contribution in [0.2, 0.25) is 0 Å². The molecule has 0 amide bonds. The van der Waals surface area contributed by atoms with Gasteiger partial charge >= 0.3 is 18.0 Å². The lowest BCUT2D eigenvalue weighted by Crippen LogP contribution is -2.54. The van der Waals surface area contributed by atoms with Gasteiger partial charge in [0.05, 0.1) is 5.56 Å². The van der Waals surface area contributed by atoms with Gasteiger partial charge < -0.3 is 0 Å². The minimum Gasteiger partial charge on any atom is -0.196 e. The SMILES string of the molecule is FC(F)(F)C1(C(F)(F)F)O[P+](Cc2ccccc2)(c2ccccc2)c2ccccc21. The standard InChI is InChI=1S/C22H16F6OP/c23-21(24,25)20(22(26,27)28)18-13-7-8-14-19(18)30(29-20,17-11-5-2-6-12-17)15-16-9-3-1-4-10-16/h1-14H,15H2/q+1. The van der Waals surface area contributed by atoms with Crippen molar-refractivity contribution in [3.63, 3.8) is 0 Å². The van der Waals surface area contributed by atoms with Gasteiger partial charge in [-0.1, -0.05) is 66.7 Å². The molecule has 0 bridgehead atoms. The summed E-state index contributed by atoms with van der Waals surface area (Å²) in [5.74, 6) is 0. The third-order valence-corrected chi connectivity index (χ3v) is 8.88. The van der Waals surface area contributed by atoms with Gasteiger partial charge in [0.25, 0.3) is 0 Å². The molecular weight excluding hydrogens is 425 g/mol. The topological polar surface area (TPSA) is 9.23 Å². The van der Waals surface area contributed by atoms with Gasteiger partial charge in [0.15, 0.2) is 0 Å². The minimum absolute atomic E-state index is 0.0327. The quantitative estimate of drug-likeness (QED) is 0.352. The lowest BCUT2D eigenvalue weighted by atomic mass is 9.92. The van der Waals surface area contributed by atoms with E-state index in [9.17, 15) is 26.3 Å². The Hall–Kier alpha value is -2.37. The van der Waals surface area contributed by atoms with Crippen LogP contribution in [0.3, 0.4) is 0 Å². The molecule has 0 N–H and O–H groups in total. The summed E-state index contributed by atoms with van der Waals surface area (Å²) in [7, 11) is -3.57. The molecule has 1 aliphatic heterocycles. The lowest BCUT2D eigenvalue weighted by Gasteiger charge is -2.33. The molecule has 3 aromatic carbocycles. The average Bonchev–Trinajstić information content (AvgIpc) is 3.02. The Morgan fingerprint density at radius 1 is 0.667 bits per heavy atom. The Labute approximate surface area is 169 Å². The van der Waals surface area contributed by atoms with Gasteiger partial charge in [0.2, 0.25) is 7.49 Å². The maximum Gasteiger partial charge on any atom is 0.435 e. The number of benzene rings is 3. The summed E-state index contributed by atoms with van der Waals surface area (Å²) in [5.41, 5.74) is -4.66. The van der Waals surface area contributed by atoms with Crippen LogP contribution < -0.4 is 10.6 Å². The zero-order valence-corrected chi connectivity index (χ0v) is 16.3. The summed E-state index contributed by atoms with van der Waals surface area (Å²) in [6, 6.07) is 21.2. The second-order valence-electron chi connectivity index (χ2n) is 7.00. The van der Waals surface area contributed by atoms with Gasteiger partial charge in [-0.15, -0.1) is 0 Å². The van der Waals surface area contributed by atoms with Gasteiger partial charge in [0, 0.05) is 0 Å². The molecule has 0 radical (unpaired) electrons. The fourth-order valence-corrected chi connectivity index (χ4v) is 7.90. The second-order valence-corrected chi connectivity index (χ2v) is 9.98. The predicted octanol–water partition coefficient (Wildman–Crippen LogP) is 6.12. The molecule has 1 aliphatic rings. The molecule has 1 unspecified atom stereocenters. The summed E-state index contributed by atoms with van der Waals surface area (Å²) in [6.07, 6.45) is -11.5. The highest BCUT2D eigenvalue weighted by atomic mass is 31.2. The van der Waals surface area contributed by atoms with Crippen LogP contribution >= 0.6 is 7.49 Å². The van der Waals surface area contributed by atoms with E-state index in [0.717, 1.165) is 6.07 Å². The minimum atomic E-state index is -5.69. The number of hydrogen-bond acceptors (Lipinski definition) is 1. The van der Waals surface area contributed by atoms with Crippen LogP contribution in [0.15, 0.2) is 84.9 Å². The van der Waals surface area contributed by atoms with Crippen molar-refractivity contribution in [3.8, 4) is 0 Å². The first-order valence-corrected chi connectivity index (χ1v) is 10.9. The van der Waals surface area contributed by atoms with E-state index in [-0.39, 0.29) is 11.5 Å². The van der Waals surface area contributed by atoms with Gasteiger partial charge in [-0.3, -0.25) is 0 Å². The van der Waals surface area contributed by atoms with Crippen molar-refractivity contribution >= 4 is 18.1 Å². The van der Waals surface area contributed by atoms with Crippen LogP contribution in [0, 0.1) is 0 Å². The summed E-state index contributed by atoms with van der Waals surface area (Å²) >= 11 is 0. The molecular formula is C22H16F6OP+. The molecule has 1 heterocycles. The van der Waals surface area contributed by atoms with Crippen molar-refractivity contribution in [2.45, 2.75) is 24.1 Å². The Morgan fingerprint density at radius 2 is 1.17 bits per heavy atom. The Bertz CT molecular complexity index is 1020. The highest BCUT2D eigenvalue weighted by molar-refractivity contribution is 7.85. The summed E-state index contributed by atoms with van der Waals surface area (Å²) in [5, 5.41) is 0.298. The Balaban J connectivity index is 2.05. The van der Waals surface area contributed by atoms with Crippen LogP contribution in [0.5, 0.6) is 0 Å². The Morgan fingerprint density at radius 3 is 1.73 bits per heavy atom. The van der Waals surface area contributed by atoms with Crippen molar-refractivity contribution in [2.75, 3.05) is 0 Å². The van der Waals surface area contributed by atoms with Gasteiger partial charge in [0.1, 0.15) is 16.8 Å². The van der Waals surface area contributed by atoms with Crippen LogP contribution in [0.1, 0.15) is 11.1 Å². The molecule has 0 saturated carbocycles. The van der Waals surface area contributed by atoms with Crippen molar-refractivity contribution in [3.05, 3.63) is 96.1 Å². The van der Waals surface area contributed by atoms with E-state index in [4.69, 9.17) is 4.52 Å². The van der Waals surface area contributed by atoms with Gasteiger partial charge in [-0.05, 0) is 23.8 Å². The fraction of sp³-hybridized carbons (Fsp3) is 0.182. The maximum atomic E-state index is 14.2. The number of halogens is 6. The van der Waals surface area contributed by atoms with E-state index >= 15 is 0 Å². The van der Waals surface area contributed by atoms with Crippen molar-refractivity contribution in [1.29, 1.82) is 0 Å². The number of hydrogen-bond donors (Lipinski definition) is 0. The average molecular weight is 441 g/mol. The maximum absolute atomic E-state index is 14.2. The molecule has 0 saturated heterocycles. The number of fused-ring (bicyclic) bond motifs is 1. The van der Waals surface area contributed by atoms with Crippen molar-refractivity contribution in [2.24, 2.45) is 0 Å². The first-order chi connectivity index (χ1) is 14.1. The van der Waals surface area contributed by atoms with Crippen molar-refractivity contribution < 1.29 is 30.9 Å². The lowest BCUT2D eigenvalue weighted by molar-refractivity contribution is -0.361. The second kappa shape index (κ2) is 7.10. The third-order valence-electron chi connectivity index (χ3n) is 5.18. The largest absolute Gasteiger partial charge is 0.435 e. The molecule has 0 spiro atoms. The number of alkyl halides is 6. The highest BCUT2D eigenvalue weighted by Crippen LogP contribution is 2.74. The van der Waals surface area contributed by atoms with Crippen LogP contribution in [-0.2, 0) is 16.3 Å². The van der Waals surface area contributed by atoms with E-state index in [0.29, 0.717) is 10.9 Å². The summed E-state index contributed by atoms with van der Waals surface area (Å²) in [6.45, 7) is 0. The van der Waals surface area contributed by atoms with Gasteiger partial charge in [-0.2, -0.15) is 30.9 Å². The van der Waals surface area contributed by atoms with Crippen LogP contribution in [-0.4, -0.2) is 12.4 Å². The zero-order valence-electron chi connectivity index (χ0n) is 15.4. The zero-order chi connectivity index (χ0) is 21.6. The van der Waals surface area contributed by atoms with Crippen molar-refractivity contribution in [1.82, 2.24) is 0 Å². The molecule has 4 rings (SSSR count). The predicted molar refractivity (Wildman–Crippen MR) is 104 cm³/mol. The molecule has 0 aromatic heterocycles. The first kappa shape index (κ1) is 20.9. The molecule has 1 nitrogen and oxygen atoms in total. The van der Waals surface area contributed by atoms with E-state index < -0.39 is 31.0 Å². The monoisotopic (exact) mass is 441 g/mol. The molecule has 3 aromatic rings. The highest BCUT2D eigenvalue weighted by Gasteiger charge is 2.83. The molecule has 156 valence electrons.